The summed E-state index contributed by atoms with van der Waals surface area (Å²) >= 11 is 9.19. The molecule has 0 saturated carbocycles. The molecule has 0 aliphatic heterocycles. The van der Waals surface area contributed by atoms with E-state index in [4.69, 9.17) is 16.3 Å². The molecule has 0 spiro atoms. The highest BCUT2D eigenvalue weighted by molar-refractivity contribution is 9.10. The van der Waals surface area contributed by atoms with Gasteiger partial charge in [0.05, 0.1) is 22.6 Å². The molecule has 2 aromatic carbocycles. The first-order valence-electron chi connectivity index (χ1n) is 7.62. The van der Waals surface area contributed by atoms with E-state index in [1.807, 2.05) is 30.3 Å². The van der Waals surface area contributed by atoms with E-state index >= 15 is 0 Å². The number of hydrogen-bond donors (Lipinski definition) is 2. The van der Waals surface area contributed by atoms with Crippen LogP contribution in [0, 0.1) is 0 Å². The van der Waals surface area contributed by atoms with E-state index in [9.17, 15) is 4.79 Å². The molecule has 2 N–H and O–H groups in total. The number of rotatable bonds is 6. The quantitative estimate of drug-likeness (QED) is 0.455. The summed E-state index contributed by atoms with van der Waals surface area (Å²) in [6, 6.07) is 14.8. The Balaban J connectivity index is 1.56. The van der Waals surface area contributed by atoms with E-state index in [1.54, 1.807) is 24.4 Å². The second-order valence-corrected chi connectivity index (χ2v) is 6.51. The lowest BCUT2D eigenvalue weighted by Gasteiger charge is -2.07. The van der Waals surface area contributed by atoms with Crippen LogP contribution in [0.25, 0.3) is 11.3 Å². The third kappa shape index (κ3) is 4.71. The van der Waals surface area contributed by atoms with Crippen LogP contribution in [0.15, 0.2) is 64.3 Å². The van der Waals surface area contributed by atoms with E-state index in [0.717, 1.165) is 16.8 Å². The first-order chi connectivity index (χ1) is 12.6. The summed E-state index contributed by atoms with van der Waals surface area (Å²) in [5.74, 6) is 0.141. The van der Waals surface area contributed by atoms with Crippen LogP contribution in [0.2, 0.25) is 5.02 Å². The highest BCUT2D eigenvalue weighted by atomic mass is 79.9. The normalized spacial score (nSPS) is 10.8. The zero-order chi connectivity index (χ0) is 18.4. The van der Waals surface area contributed by atoms with E-state index in [-0.39, 0.29) is 12.5 Å². The van der Waals surface area contributed by atoms with Gasteiger partial charge in [0.25, 0.3) is 5.91 Å². The van der Waals surface area contributed by atoms with Crippen molar-refractivity contribution in [2.45, 2.75) is 0 Å². The maximum absolute atomic E-state index is 11.9. The first-order valence-corrected chi connectivity index (χ1v) is 8.79. The lowest BCUT2D eigenvalue weighted by Crippen LogP contribution is -2.24. The van der Waals surface area contributed by atoms with Gasteiger partial charge in [-0.2, -0.15) is 10.2 Å². The van der Waals surface area contributed by atoms with Gasteiger partial charge in [-0.1, -0.05) is 41.9 Å². The lowest BCUT2D eigenvalue weighted by atomic mass is 10.1. The molecule has 1 amide bonds. The number of benzene rings is 2. The van der Waals surface area contributed by atoms with Crippen LogP contribution in [0.4, 0.5) is 0 Å². The Labute approximate surface area is 163 Å². The van der Waals surface area contributed by atoms with Crippen LogP contribution < -0.4 is 10.2 Å². The van der Waals surface area contributed by atoms with Crippen molar-refractivity contribution in [3.63, 3.8) is 0 Å². The fraction of sp³-hybridized carbons (Fsp3) is 0.0556. The maximum atomic E-state index is 11.9. The summed E-state index contributed by atoms with van der Waals surface area (Å²) in [6.45, 7) is -0.172. The topological polar surface area (TPSA) is 79.4 Å². The highest BCUT2D eigenvalue weighted by Gasteiger charge is 2.07. The van der Waals surface area contributed by atoms with Gasteiger partial charge in [0.15, 0.2) is 6.61 Å². The summed E-state index contributed by atoms with van der Waals surface area (Å²) in [4.78, 5) is 11.9. The summed E-state index contributed by atoms with van der Waals surface area (Å²) < 4.78 is 6.10. The van der Waals surface area contributed by atoms with Gasteiger partial charge in [-0.15, -0.1) is 0 Å². The molecule has 6 nitrogen and oxygen atoms in total. The minimum absolute atomic E-state index is 0.172. The Morgan fingerprint density at radius 2 is 2.12 bits per heavy atom. The fourth-order valence-electron chi connectivity index (χ4n) is 2.17. The molecule has 0 saturated heterocycles. The number of nitrogens with one attached hydrogen (secondary N) is 2. The molecule has 1 heterocycles. The van der Waals surface area contributed by atoms with Gasteiger partial charge < -0.3 is 4.74 Å². The zero-order valence-electron chi connectivity index (χ0n) is 13.4. The molecular formula is C18H14BrClN4O2. The Morgan fingerprint density at radius 3 is 2.88 bits per heavy atom. The van der Waals surface area contributed by atoms with Gasteiger partial charge in [-0.3, -0.25) is 9.89 Å². The second-order valence-electron chi connectivity index (χ2n) is 5.22. The van der Waals surface area contributed by atoms with Crippen molar-refractivity contribution in [3.05, 3.63) is 69.8 Å². The number of carbonyl (C=O) groups excluding carboxylic acids is 1. The second kappa shape index (κ2) is 8.64. The molecule has 0 fully saturated rings. The van der Waals surface area contributed by atoms with Crippen molar-refractivity contribution in [1.29, 1.82) is 0 Å². The molecule has 0 aliphatic rings. The number of ether oxygens (including phenoxy) is 1. The molecular weight excluding hydrogens is 420 g/mol. The number of amides is 1. The van der Waals surface area contributed by atoms with E-state index in [1.165, 1.54) is 6.21 Å². The Bertz CT molecular complexity index is 928. The van der Waals surface area contributed by atoms with Crippen LogP contribution in [-0.2, 0) is 4.79 Å². The smallest absolute Gasteiger partial charge is 0.277 e. The maximum Gasteiger partial charge on any atom is 0.277 e. The van der Waals surface area contributed by atoms with Gasteiger partial charge >= 0.3 is 0 Å². The molecule has 8 heteroatoms. The number of hydrogen-bond acceptors (Lipinski definition) is 4. The van der Waals surface area contributed by atoms with Crippen LogP contribution in [0.5, 0.6) is 5.75 Å². The Kier molecular flexibility index (Phi) is 6.04. The van der Waals surface area contributed by atoms with Gasteiger partial charge in [0.1, 0.15) is 5.75 Å². The monoisotopic (exact) mass is 432 g/mol. The van der Waals surface area contributed by atoms with Crippen molar-refractivity contribution in [2.24, 2.45) is 5.10 Å². The van der Waals surface area contributed by atoms with Gasteiger partial charge in [-0.25, -0.2) is 5.43 Å². The molecule has 132 valence electrons. The summed E-state index contributed by atoms with van der Waals surface area (Å²) in [7, 11) is 0. The Hall–Kier alpha value is -2.64. The number of nitrogens with zero attached hydrogens (tertiary/aromatic N) is 2. The van der Waals surface area contributed by atoms with Crippen LogP contribution in [0.1, 0.15) is 5.56 Å². The first kappa shape index (κ1) is 18.2. The summed E-state index contributed by atoms with van der Waals surface area (Å²) in [6.07, 6.45) is 3.17. The number of aromatic amines is 1. The molecule has 0 atom stereocenters. The van der Waals surface area contributed by atoms with Crippen molar-refractivity contribution in [2.75, 3.05) is 6.61 Å². The molecule has 3 aromatic rings. The molecule has 1 aromatic heterocycles. The molecule has 0 unspecified atom stereocenters. The van der Waals surface area contributed by atoms with Crippen LogP contribution in [-0.4, -0.2) is 28.9 Å². The van der Waals surface area contributed by atoms with E-state index < -0.39 is 0 Å². The standard InChI is InChI=1S/C18H14BrClN4O2/c19-15-8-14(20)6-7-16(15)26-11-17(25)23-21-9-13-10-22-24-18(13)12-4-2-1-3-5-12/h1-10H,11H2,(H,22,24)(H,23,25)/b21-9-. The highest BCUT2D eigenvalue weighted by Crippen LogP contribution is 2.27. The fourth-order valence-corrected chi connectivity index (χ4v) is 2.97. The third-order valence-corrected chi connectivity index (χ3v) is 4.23. The predicted molar refractivity (Wildman–Crippen MR) is 104 cm³/mol. The van der Waals surface area contributed by atoms with Crippen molar-refractivity contribution >= 4 is 39.7 Å². The largest absolute Gasteiger partial charge is 0.483 e. The van der Waals surface area contributed by atoms with Gasteiger partial charge in [-0.05, 0) is 34.1 Å². The predicted octanol–water partition coefficient (Wildman–Crippen LogP) is 4.02. The van der Waals surface area contributed by atoms with E-state index in [0.29, 0.717) is 15.2 Å². The van der Waals surface area contributed by atoms with Crippen LogP contribution in [0.3, 0.4) is 0 Å². The molecule has 3 rings (SSSR count). The number of H-pyrrole nitrogens is 1. The number of halogens is 2. The molecule has 0 bridgehead atoms. The number of aromatic nitrogens is 2. The molecule has 26 heavy (non-hydrogen) atoms. The summed E-state index contributed by atoms with van der Waals surface area (Å²) in [5.41, 5.74) is 4.99. The number of carbonyl (C=O) groups is 1. The SMILES string of the molecule is O=C(COc1ccc(Cl)cc1Br)N/N=C\c1cn[nH]c1-c1ccccc1. The zero-order valence-corrected chi connectivity index (χ0v) is 15.8. The Morgan fingerprint density at radius 1 is 1.31 bits per heavy atom. The third-order valence-electron chi connectivity index (χ3n) is 3.38. The van der Waals surface area contributed by atoms with Gasteiger partial charge in [0, 0.05) is 16.1 Å². The number of hydrazone groups is 1. The minimum Gasteiger partial charge on any atom is -0.483 e. The minimum atomic E-state index is -0.382. The molecule has 0 radical (unpaired) electrons. The van der Waals surface area contributed by atoms with Crippen molar-refractivity contribution in [1.82, 2.24) is 15.6 Å². The lowest BCUT2D eigenvalue weighted by molar-refractivity contribution is -0.123. The van der Waals surface area contributed by atoms with E-state index in [2.05, 4.69) is 36.7 Å². The average Bonchev–Trinajstić information content (AvgIpc) is 3.10. The summed E-state index contributed by atoms with van der Waals surface area (Å²) in [5, 5.41) is 11.5. The average molecular weight is 434 g/mol. The van der Waals surface area contributed by atoms with Crippen molar-refractivity contribution < 1.29 is 9.53 Å². The molecule has 0 aliphatic carbocycles. The van der Waals surface area contributed by atoms with Gasteiger partial charge in [0.2, 0.25) is 0 Å². The van der Waals surface area contributed by atoms with Crippen molar-refractivity contribution in [3.8, 4) is 17.0 Å². The van der Waals surface area contributed by atoms with Crippen LogP contribution >= 0.6 is 27.5 Å².